The van der Waals surface area contributed by atoms with Gasteiger partial charge in [0.25, 0.3) is 0 Å². The maximum Gasteiger partial charge on any atom is 0.00508 e. The van der Waals surface area contributed by atoms with Crippen LogP contribution < -0.4 is 10.6 Å². The van der Waals surface area contributed by atoms with E-state index >= 15 is 0 Å². The van der Waals surface area contributed by atoms with E-state index in [0.29, 0.717) is 6.04 Å². The molecule has 230 valence electrons. The van der Waals surface area contributed by atoms with Gasteiger partial charge in [-0.3, -0.25) is 0 Å². The Morgan fingerprint density at radius 2 is 0.632 bits per heavy atom. The van der Waals surface area contributed by atoms with Gasteiger partial charge in [-0.2, -0.15) is 0 Å². The van der Waals surface area contributed by atoms with Crippen LogP contribution in [0.25, 0.3) is 0 Å². The number of hydrogen-bond acceptors (Lipinski definition) is 2. The molecule has 0 rings (SSSR count). The van der Waals surface area contributed by atoms with E-state index in [9.17, 15) is 0 Å². The van der Waals surface area contributed by atoms with Gasteiger partial charge in [-0.15, -0.1) is 0 Å². The van der Waals surface area contributed by atoms with Crippen LogP contribution in [0.1, 0.15) is 207 Å². The van der Waals surface area contributed by atoms with Crippen molar-refractivity contribution in [1.82, 2.24) is 10.6 Å². The Hall–Kier alpha value is -0.0800. The van der Waals surface area contributed by atoms with Gasteiger partial charge in [0, 0.05) is 6.04 Å². The van der Waals surface area contributed by atoms with Gasteiger partial charge in [0.05, 0.1) is 0 Å². The molecule has 0 aliphatic rings. The van der Waals surface area contributed by atoms with Crippen molar-refractivity contribution in [2.24, 2.45) is 0 Å². The molecule has 1 atom stereocenters. The second kappa shape index (κ2) is 34.9. The van der Waals surface area contributed by atoms with Crippen molar-refractivity contribution in [2.75, 3.05) is 19.6 Å². The third kappa shape index (κ3) is 33.9. The molecule has 0 aliphatic carbocycles. The summed E-state index contributed by atoms with van der Waals surface area (Å²) in [6.07, 6.45) is 41.7. The standard InChI is InChI=1S/C36H76N2/c1-4-6-8-10-12-14-16-18-20-22-24-26-28-30-33-37-35-32-36(3)38-34-31-29-27-25-23-21-19-17-15-13-11-9-7-5-2/h36-38H,4-35H2,1-3H3. The zero-order chi connectivity index (χ0) is 27.6. The Morgan fingerprint density at radius 3 is 0.974 bits per heavy atom. The van der Waals surface area contributed by atoms with Crippen molar-refractivity contribution in [3.8, 4) is 0 Å². The van der Waals surface area contributed by atoms with Crippen LogP contribution in [0.4, 0.5) is 0 Å². The lowest BCUT2D eigenvalue weighted by atomic mass is 10.0. The average Bonchev–Trinajstić information content (AvgIpc) is 2.92. The van der Waals surface area contributed by atoms with Crippen LogP contribution in [-0.4, -0.2) is 25.7 Å². The molecule has 0 fully saturated rings. The minimum absolute atomic E-state index is 0.654. The minimum Gasteiger partial charge on any atom is -0.317 e. The monoisotopic (exact) mass is 537 g/mol. The fourth-order valence-corrected chi connectivity index (χ4v) is 5.66. The molecule has 0 radical (unpaired) electrons. The SMILES string of the molecule is CCCCCCCCCCCCCCCCNCCC(C)NCCCCCCCCCCCCCCCC. The largest absolute Gasteiger partial charge is 0.317 e. The van der Waals surface area contributed by atoms with Gasteiger partial charge in [-0.05, 0) is 45.8 Å². The Balaban J connectivity index is 3.13. The van der Waals surface area contributed by atoms with Crippen LogP contribution in [0.3, 0.4) is 0 Å². The maximum absolute atomic E-state index is 3.74. The lowest BCUT2D eigenvalue weighted by Crippen LogP contribution is -2.31. The van der Waals surface area contributed by atoms with E-state index in [0.717, 1.165) is 0 Å². The van der Waals surface area contributed by atoms with Gasteiger partial charge in [0.2, 0.25) is 0 Å². The molecular weight excluding hydrogens is 460 g/mol. The highest BCUT2D eigenvalue weighted by molar-refractivity contribution is 4.63. The molecule has 0 aromatic rings. The lowest BCUT2D eigenvalue weighted by Gasteiger charge is -2.14. The molecule has 0 aromatic carbocycles. The molecule has 0 saturated carbocycles. The zero-order valence-electron chi connectivity index (χ0n) is 27.2. The minimum atomic E-state index is 0.654. The molecule has 2 nitrogen and oxygen atoms in total. The van der Waals surface area contributed by atoms with E-state index in [2.05, 4.69) is 31.4 Å². The first-order valence-corrected chi connectivity index (χ1v) is 18.2. The predicted octanol–water partition coefficient (Wildman–Crippen LogP) is 11.9. The summed E-state index contributed by atoms with van der Waals surface area (Å²) in [6.45, 7) is 10.6. The first-order valence-electron chi connectivity index (χ1n) is 18.2. The topological polar surface area (TPSA) is 24.1 Å². The molecule has 0 saturated heterocycles. The van der Waals surface area contributed by atoms with Crippen molar-refractivity contribution in [2.45, 2.75) is 213 Å². The lowest BCUT2D eigenvalue weighted by molar-refractivity contribution is 0.469. The molecule has 0 spiro atoms. The molecule has 0 amide bonds. The van der Waals surface area contributed by atoms with Crippen molar-refractivity contribution in [3.05, 3.63) is 0 Å². The Labute approximate surface area is 243 Å². The molecule has 2 N–H and O–H groups in total. The van der Waals surface area contributed by atoms with E-state index in [1.165, 1.54) is 206 Å². The molecule has 0 bridgehead atoms. The van der Waals surface area contributed by atoms with Crippen molar-refractivity contribution < 1.29 is 0 Å². The summed E-state index contributed by atoms with van der Waals surface area (Å²) < 4.78 is 0. The third-order valence-corrected chi connectivity index (χ3v) is 8.48. The summed E-state index contributed by atoms with van der Waals surface area (Å²) in [6, 6.07) is 0.654. The number of hydrogen-bond donors (Lipinski definition) is 2. The summed E-state index contributed by atoms with van der Waals surface area (Å²) in [5.41, 5.74) is 0. The van der Waals surface area contributed by atoms with Crippen LogP contribution in [0.5, 0.6) is 0 Å². The van der Waals surface area contributed by atoms with E-state index in [1.807, 2.05) is 0 Å². The number of rotatable bonds is 34. The van der Waals surface area contributed by atoms with Gasteiger partial charge < -0.3 is 10.6 Å². The second-order valence-electron chi connectivity index (χ2n) is 12.6. The van der Waals surface area contributed by atoms with Crippen LogP contribution >= 0.6 is 0 Å². The first kappa shape index (κ1) is 37.9. The number of nitrogens with one attached hydrogen (secondary N) is 2. The fourth-order valence-electron chi connectivity index (χ4n) is 5.66. The quantitative estimate of drug-likeness (QED) is 0.0799. The van der Waals surface area contributed by atoms with Gasteiger partial charge in [-0.1, -0.05) is 181 Å². The van der Waals surface area contributed by atoms with Crippen LogP contribution in [0.15, 0.2) is 0 Å². The van der Waals surface area contributed by atoms with E-state index in [4.69, 9.17) is 0 Å². The summed E-state index contributed by atoms with van der Waals surface area (Å²) in [7, 11) is 0. The van der Waals surface area contributed by atoms with Crippen molar-refractivity contribution in [1.29, 1.82) is 0 Å². The second-order valence-corrected chi connectivity index (χ2v) is 12.6. The fraction of sp³-hybridized carbons (Fsp3) is 1.00. The number of unbranched alkanes of at least 4 members (excludes halogenated alkanes) is 26. The average molecular weight is 537 g/mol. The van der Waals surface area contributed by atoms with Gasteiger partial charge >= 0.3 is 0 Å². The summed E-state index contributed by atoms with van der Waals surface area (Å²) in [5, 5.41) is 7.41. The van der Waals surface area contributed by atoms with Crippen molar-refractivity contribution in [3.63, 3.8) is 0 Å². The van der Waals surface area contributed by atoms with Crippen LogP contribution in [0, 0.1) is 0 Å². The smallest absolute Gasteiger partial charge is 0.00508 e. The van der Waals surface area contributed by atoms with E-state index < -0.39 is 0 Å². The highest BCUT2D eigenvalue weighted by Crippen LogP contribution is 2.14. The molecule has 2 heteroatoms. The maximum atomic E-state index is 3.74. The summed E-state index contributed by atoms with van der Waals surface area (Å²) in [5.74, 6) is 0. The summed E-state index contributed by atoms with van der Waals surface area (Å²) >= 11 is 0. The predicted molar refractivity (Wildman–Crippen MR) is 176 cm³/mol. The van der Waals surface area contributed by atoms with Crippen molar-refractivity contribution >= 4 is 0 Å². The molecule has 1 unspecified atom stereocenters. The van der Waals surface area contributed by atoms with E-state index in [-0.39, 0.29) is 0 Å². The highest BCUT2D eigenvalue weighted by Gasteiger charge is 2.01. The van der Waals surface area contributed by atoms with Crippen LogP contribution in [0.2, 0.25) is 0 Å². The zero-order valence-corrected chi connectivity index (χ0v) is 27.2. The Bertz CT molecular complexity index is 397. The third-order valence-electron chi connectivity index (χ3n) is 8.48. The molecule has 0 aromatic heterocycles. The van der Waals surface area contributed by atoms with Gasteiger partial charge in [0.15, 0.2) is 0 Å². The van der Waals surface area contributed by atoms with Gasteiger partial charge in [0.1, 0.15) is 0 Å². The summed E-state index contributed by atoms with van der Waals surface area (Å²) in [4.78, 5) is 0. The van der Waals surface area contributed by atoms with Gasteiger partial charge in [-0.25, -0.2) is 0 Å². The van der Waals surface area contributed by atoms with Crippen LogP contribution in [-0.2, 0) is 0 Å². The Morgan fingerprint density at radius 1 is 0.342 bits per heavy atom. The molecule has 0 heterocycles. The molecular formula is C36H76N2. The van der Waals surface area contributed by atoms with E-state index in [1.54, 1.807) is 0 Å². The molecule has 38 heavy (non-hydrogen) atoms. The highest BCUT2D eigenvalue weighted by atomic mass is 14.9. The normalized spacial score (nSPS) is 12.4. The first-order chi connectivity index (χ1) is 18.8. The Kier molecular flexibility index (Phi) is 34.9. The molecule has 0 aliphatic heterocycles.